The zero-order valence-electron chi connectivity index (χ0n) is 35.8. The van der Waals surface area contributed by atoms with Crippen LogP contribution in [-0.2, 0) is 14.1 Å². The molecule has 302 valence electrons. The summed E-state index contributed by atoms with van der Waals surface area (Å²) in [6.45, 7) is 2.44. The van der Waals surface area contributed by atoms with E-state index in [0.29, 0.717) is 0 Å². The first kappa shape index (κ1) is 37.2. The highest BCUT2D eigenvalue weighted by molar-refractivity contribution is 6.05. The van der Waals surface area contributed by atoms with E-state index < -0.39 is 0 Å². The quantitative estimate of drug-likeness (QED) is 0.168. The molecule has 4 nitrogen and oxygen atoms in total. The van der Waals surface area contributed by atoms with Crippen LogP contribution in [0.15, 0.2) is 188 Å². The predicted molar refractivity (Wildman–Crippen MR) is 263 cm³/mol. The fourth-order valence-electron chi connectivity index (χ4n) is 10.6. The van der Waals surface area contributed by atoms with Crippen LogP contribution < -0.4 is 10.4 Å². The van der Waals surface area contributed by atoms with Gasteiger partial charge in [-0.2, -0.15) is 0 Å². The third-order valence-electron chi connectivity index (χ3n) is 14.0. The molecule has 0 bridgehead atoms. The van der Waals surface area contributed by atoms with Gasteiger partial charge in [-0.3, -0.25) is 0 Å². The summed E-state index contributed by atoms with van der Waals surface area (Å²) in [6.07, 6.45) is 18.8. The highest BCUT2D eigenvalue weighted by atomic mass is 15.1. The normalized spacial score (nSPS) is 18.0. The maximum atomic E-state index is 5.11. The van der Waals surface area contributed by atoms with Gasteiger partial charge in [-0.1, -0.05) is 171 Å². The monoisotopic (exact) mass is 810 g/mol. The molecule has 9 aromatic rings. The SMILES string of the molecule is Cn1c(-c2ccccc2)nc2ccc(C3=c4cc5c(-c6ccc7nc(-c8ccccc8)n(C)c7c6)cccc5c(C5=CC=CC6C=C(c7ccccc7)C=CC56C)c4=CCC3)cc21. The summed E-state index contributed by atoms with van der Waals surface area (Å²) in [5, 5.41) is 5.18. The molecule has 2 heterocycles. The Balaban J connectivity index is 1.10. The van der Waals surface area contributed by atoms with E-state index in [-0.39, 0.29) is 11.3 Å². The minimum Gasteiger partial charge on any atom is -0.327 e. The molecule has 0 aliphatic heterocycles. The van der Waals surface area contributed by atoms with Crippen LogP contribution in [0.4, 0.5) is 0 Å². The van der Waals surface area contributed by atoms with E-state index in [2.05, 4.69) is 224 Å². The highest BCUT2D eigenvalue weighted by Crippen LogP contribution is 2.50. The number of aryl methyl sites for hydroxylation is 2. The molecule has 0 N–H and O–H groups in total. The zero-order chi connectivity index (χ0) is 42.2. The molecule has 0 spiro atoms. The summed E-state index contributed by atoms with van der Waals surface area (Å²) in [4.78, 5) is 10.2. The van der Waals surface area contributed by atoms with Crippen molar-refractivity contribution in [3.63, 3.8) is 0 Å². The van der Waals surface area contributed by atoms with Gasteiger partial charge in [-0.05, 0) is 109 Å². The van der Waals surface area contributed by atoms with Gasteiger partial charge in [0.15, 0.2) is 0 Å². The van der Waals surface area contributed by atoms with Crippen LogP contribution in [0.25, 0.3) is 89.5 Å². The van der Waals surface area contributed by atoms with E-state index in [0.717, 1.165) is 57.7 Å². The second kappa shape index (κ2) is 14.5. The Labute approximate surface area is 367 Å². The van der Waals surface area contributed by atoms with Gasteiger partial charge in [0.25, 0.3) is 0 Å². The molecule has 0 saturated carbocycles. The summed E-state index contributed by atoms with van der Waals surface area (Å²) in [6, 6.07) is 54.9. The third kappa shape index (κ3) is 5.96. The number of hydrogen-bond donors (Lipinski definition) is 0. The van der Waals surface area contributed by atoms with E-state index in [1.54, 1.807) is 0 Å². The van der Waals surface area contributed by atoms with E-state index in [9.17, 15) is 0 Å². The lowest BCUT2D eigenvalue weighted by Crippen LogP contribution is -2.37. The molecule has 2 atom stereocenters. The number of benzene rings is 7. The topological polar surface area (TPSA) is 35.6 Å². The maximum Gasteiger partial charge on any atom is 0.140 e. The van der Waals surface area contributed by atoms with Gasteiger partial charge in [0, 0.05) is 36.6 Å². The molecule has 0 amide bonds. The molecular weight excluding hydrogens is 765 g/mol. The van der Waals surface area contributed by atoms with Gasteiger partial charge in [0.05, 0.1) is 22.1 Å². The van der Waals surface area contributed by atoms with Crippen molar-refractivity contribution < 1.29 is 0 Å². The number of hydrogen-bond acceptors (Lipinski definition) is 2. The summed E-state index contributed by atoms with van der Waals surface area (Å²) < 4.78 is 4.48. The molecule has 2 unspecified atom stereocenters. The Morgan fingerprint density at radius 3 is 1.89 bits per heavy atom. The first-order valence-electron chi connectivity index (χ1n) is 22.1. The van der Waals surface area contributed by atoms with Gasteiger partial charge < -0.3 is 9.13 Å². The average Bonchev–Trinajstić information content (AvgIpc) is 3.85. The summed E-state index contributed by atoms with van der Waals surface area (Å²) in [5.41, 5.74) is 16.5. The van der Waals surface area contributed by atoms with Crippen LogP contribution >= 0.6 is 0 Å². The number of aromatic nitrogens is 4. The summed E-state index contributed by atoms with van der Waals surface area (Å²) in [5.74, 6) is 2.16. The zero-order valence-corrected chi connectivity index (χ0v) is 35.8. The van der Waals surface area contributed by atoms with Crippen molar-refractivity contribution in [3.8, 4) is 33.9 Å². The summed E-state index contributed by atoms with van der Waals surface area (Å²) in [7, 11) is 4.28. The molecule has 12 rings (SSSR count). The number of allylic oxidation sites excluding steroid dienone is 8. The largest absolute Gasteiger partial charge is 0.327 e. The van der Waals surface area contributed by atoms with Crippen LogP contribution in [0.2, 0.25) is 0 Å². The Morgan fingerprint density at radius 2 is 1.22 bits per heavy atom. The lowest BCUT2D eigenvalue weighted by Gasteiger charge is -2.40. The molecule has 0 saturated heterocycles. The Morgan fingerprint density at radius 1 is 0.603 bits per heavy atom. The van der Waals surface area contributed by atoms with Gasteiger partial charge in [-0.15, -0.1) is 0 Å². The van der Waals surface area contributed by atoms with Gasteiger partial charge in [0.2, 0.25) is 0 Å². The number of nitrogens with zero attached hydrogens (tertiary/aromatic N) is 4. The molecule has 2 aromatic heterocycles. The fraction of sp³-hybridized carbons (Fsp3) is 0.119. The van der Waals surface area contributed by atoms with Crippen molar-refractivity contribution in [2.24, 2.45) is 25.4 Å². The number of fused-ring (bicyclic) bond motifs is 5. The standard InChI is InChI=1S/C59H46N4/c1-59-33-32-41(38-16-7-4-8-17-38)34-44(59)22-13-27-51(59)56-47-25-14-23-45(42-28-30-52-54(35-42)62(2)57(60-52)39-18-9-5-10-19-39)49(47)37-50-46(24-15-26-48(50)56)43-29-31-53-55(36-43)63(3)58(61-53)40-20-11-6-12-21-40/h4-14,16-23,25-37,44H,15,24H2,1-3H3. The number of imidazole rings is 2. The molecular formula is C59H46N4. The van der Waals surface area contributed by atoms with Crippen molar-refractivity contribution in [1.29, 1.82) is 0 Å². The average molecular weight is 811 g/mol. The summed E-state index contributed by atoms with van der Waals surface area (Å²) >= 11 is 0. The van der Waals surface area contributed by atoms with E-state index in [4.69, 9.17) is 9.97 Å². The first-order valence-corrected chi connectivity index (χ1v) is 22.1. The van der Waals surface area contributed by atoms with E-state index in [1.165, 1.54) is 65.7 Å². The smallest absolute Gasteiger partial charge is 0.140 e. The van der Waals surface area contributed by atoms with Crippen LogP contribution in [-0.4, -0.2) is 19.1 Å². The van der Waals surface area contributed by atoms with Crippen molar-refractivity contribution in [2.45, 2.75) is 19.8 Å². The van der Waals surface area contributed by atoms with E-state index in [1.807, 2.05) is 0 Å². The first-order chi connectivity index (χ1) is 30.9. The van der Waals surface area contributed by atoms with Crippen molar-refractivity contribution >= 4 is 55.6 Å². The molecule has 3 aliphatic carbocycles. The molecule has 3 aliphatic rings. The Bertz CT molecular complexity index is 3580. The second-order valence-electron chi connectivity index (χ2n) is 17.6. The Kier molecular flexibility index (Phi) is 8.58. The molecule has 0 radical (unpaired) electrons. The molecule has 7 aromatic carbocycles. The van der Waals surface area contributed by atoms with Gasteiger partial charge in [-0.25, -0.2) is 9.97 Å². The lowest BCUT2D eigenvalue weighted by atomic mass is 9.63. The maximum absolute atomic E-state index is 5.11. The predicted octanol–water partition coefficient (Wildman–Crippen LogP) is 12.6. The highest BCUT2D eigenvalue weighted by Gasteiger charge is 2.38. The van der Waals surface area contributed by atoms with Crippen LogP contribution in [0.5, 0.6) is 0 Å². The number of rotatable bonds is 6. The van der Waals surface area contributed by atoms with E-state index >= 15 is 0 Å². The van der Waals surface area contributed by atoms with Gasteiger partial charge in [0.1, 0.15) is 11.6 Å². The molecule has 63 heavy (non-hydrogen) atoms. The van der Waals surface area contributed by atoms with Crippen LogP contribution in [0.3, 0.4) is 0 Å². The lowest BCUT2D eigenvalue weighted by molar-refractivity contribution is 0.473. The third-order valence-corrected chi connectivity index (χ3v) is 14.0. The molecule has 4 heteroatoms. The fourth-order valence-corrected chi connectivity index (χ4v) is 10.6. The van der Waals surface area contributed by atoms with Crippen LogP contribution in [0, 0.1) is 11.3 Å². The van der Waals surface area contributed by atoms with Gasteiger partial charge >= 0.3 is 0 Å². The molecule has 0 fully saturated rings. The Hall–Kier alpha value is -7.56. The van der Waals surface area contributed by atoms with Crippen LogP contribution in [0.1, 0.15) is 36.5 Å². The van der Waals surface area contributed by atoms with Crippen molar-refractivity contribution in [3.05, 3.63) is 215 Å². The minimum absolute atomic E-state index is 0.205. The second-order valence-corrected chi connectivity index (χ2v) is 17.6. The van der Waals surface area contributed by atoms with Crippen molar-refractivity contribution in [1.82, 2.24) is 19.1 Å². The van der Waals surface area contributed by atoms with Crippen molar-refractivity contribution in [2.75, 3.05) is 0 Å². The minimum atomic E-state index is -0.251.